The van der Waals surface area contributed by atoms with E-state index in [1.54, 1.807) is 23.1 Å². The number of hydrogen-bond donors (Lipinski definition) is 1. The van der Waals surface area contributed by atoms with E-state index in [1.807, 2.05) is 19.1 Å². The highest BCUT2D eigenvalue weighted by molar-refractivity contribution is 6.08. The standard InChI is InChI=1S/C19H19FN2O2/c1-12-5-3-4-6-16(12)19(24)21-17-11-14(20)7-10-18(17)22(13(2)23)15-8-9-15/h3-7,10-11,15H,8-9H2,1-2H3,(H,21,24). The molecule has 4 nitrogen and oxygen atoms in total. The number of nitrogens with one attached hydrogen (secondary N) is 1. The highest BCUT2D eigenvalue weighted by atomic mass is 19.1. The van der Waals surface area contributed by atoms with Crippen LogP contribution in [0.2, 0.25) is 0 Å². The van der Waals surface area contributed by atoms with Gasteiger partial charge < -0.3 is 10.2 Å². The third kappa shape index (κ3) is 3.30. The van der Waals surface area contributed by atoms with Gasteiger partial charge in [-0.3, -0.25) is 9.59 Å². The van der Waals surface area contributed by atoms with E-state index in [9.17, 15) is 14.0 Å². The first-order valence-electron chi connectivity index (χ1n) is 7.93. The summed E-state index contributed by atoms with van der Waals surface area (Å²) in [6.45, 7) is 3.32. The monoisotopic (exact) mass is 326 g/mol. The molecule has 0 saturated heterocycles. The van der Waals surface area contributed by atoms with Gasteiger partial charge in [0.05, 0.1) is 11.4 Å². The summed E-state index contributed by atoms with van der Waals surface area (Å²) in [5, 5.41) is 2.75. The van der Waals surface area contributed by atoms with Gasteiger partial charge >= 0.3 is 0 Å². The Morgan fingerprint density at radius 3 is 2.50 bits per heavy atom. The van der Waals surface area contributed by atoms with Gasteiger partial charge in [0.15, 0.2) is 0 Å². The van der Waals surface area contributed by atoms with Crippen molar-refractivity contribution in [3.05, 3.63) is 59.4 Å². The number of halogens is 1. The summed E-state index contributed by atoms with van der Waals surface area (Å²) >= 11 is 0. The van der Waals surface area contributed by atoms with Crippen LogP contribution in [0.5, 0.6) is 0 Å². The Labute approximate surface area is 140 Å². The summed E-state index contributed by atoms with van der Waals surface area (Å²) in [6, 6.07) is 11.4. The zero-order chi connectivity index (χ0) is 17.3. The zero-order valence-electron chi connectivity index (χ0n) is 13.7. The zero-order valence-corrected chi connectivity index (χ0v) is 13.7. The number of carbonyl (C=O) groups is 2. The first-order chi connectivity index (χ1) is 11.5. The van der Waals surface area contributed by atoms with Crippen molar-refractivity contribution in [3.63, 3.8) is 0 Å². The lowest BCUT2D eigenvalue weighted by Crippen LogP contribution is -2.31. The first-order valence-corrected chi connectivity index (χ1v) is 7.93. The molecule has 0 unspecified atom stereocenters. The second kappa shape index (κ2) is 6.43. The lowest BCUT2D eigenvalue weighted by molar-refractivity contribution is -0.116. The van der Waals surface area contributed by atoms with Crippen molar-refractivity contribution >= 4 is 23.2 Å². The van der Waals surface area contributed by atoms with Crippen LogP contribution in [-0.2, 0) is 4.79 Å². The number of benzene rings is 2. The summed E-state index contributed by atoms with van der Waals surface area (Å²) in [4.78, 5) is 26.2. The molecule has 3 rings (SSSR count). The molecule has 1 fully saturated rings. The Morgan fingerprint density at radius 2 is 1.88 bits per heavy atom. The largest absolute Gasteiger partial charge is 0.320 e. The fourth-order valence-corrected chi connectivity index (χ4v) is 2.79. The van der Waals surface area contributed by atoms with E-state index in [4.69, 9.17) is 0 Å². The Bertz CT molecular complexity index is 800. The summed E-state index contributed by atoms with van der Waals surface area (Å²) in [5.74, 6) is -0.895. The smallest absolute Gasteiger partial charge is 0.255 e. The Morgan fingerprint density at radius 1 is 1.17 bits per heavy atom. The first kappa shape index (κ1) is 16.2. The number of carbonyl (C=O) groups excluding carboxylic acids is 2. The average molecular weight is 326 g/mol. The molecule has 0 atom stereocenters. The highest BCUT2D eigenvalue weighted by Gasteiger charge is 2.33. The minimum absolute atomic E-state index is 0.115. The summed E-state index contributed by atoms with van der Waals surface area (Å²) in [5.41, 5.74) is 2.20. The van der Waals surface area contributed by atoms with Crippen LogP contribution in [0, 0.1) is 12.7 Å². The van der Waals surface area contributed by atoms with Gasteiger partial charge in [-0.25, -0.2) is 4.39 Å². The molecule has 1 N–H and O–H groups in total. The Hall–Kier alpha value is -2.69. The number of nitrogens with zero attached hydrogens (tertiary/aromatic N) is 1. The number of aryl methyl sites for hydroxylation is 1. The fourth-order valence-electron chi connectivity index (χ4n) is 2.79. The fraction of sp³-hybridized carbons (Fsp3) is 0.263. The maximum Gasteiger partial charge on any atom is 0.255 e. The topological polar surface area (TPSA) is 49.4 Å². The number of hydrogen-bond acceptors (Lipinski definition) is 2. The second-order valence-corrected chi connectivity index (χ2v) is 6.05. The predicted molar refractivity (Wildman–Crippen MR) is 91.7 cm³/mol. The van der Waals surface area contributed by atoms with Crippen LogP contribution in [-0.4, -0.2) is 17.9 Å². The lowest BCUT2D eigenvalue weighted by Gasteiger charge is -2.24. The van der Waals surface area contributed by atoms with Crippen molar-refractivity contribution in [2.45, 2.75) is 32.7 Å². The van der Waals surface area contributed by atoms with Crippen LogP contribution >= 0.6 is 0 Å². The maximum absolute atomic E-state index is 13.7. The molecule has 0 radical (unpaired) electrons. The molecule has 2 aromatic carbocycles. The quantitative estimate of drug-likeness (QED) is 0.926. The van der Waals surface area contributed by atoms with Crippen LogP contribution in [0.1, 0.15) is 35.7 Å². The molecular formula is C19H19FN2O2. The molecule has 0 heterocycles. The molecule has 1 aliphatic rings. The second-order valence-electron chi connectivity index (χ2n) is 6.05. The van der Waals surface area contributed by atoms with Crippen molar-refractivity contribution in [1.29, 1.82) is 0 Å². The van der Waals surface area contributed by atoms with Crippen molar-refractivity contribution in [2.24, 2.45) is 0 Å². The molecule has 0 spiro atoms. The van der Waals surface area contributed by atoms with Gasteiger partial charge in [-0.05, 0) is 49.6 Å². The Kier molecular flexibility index (Phi) is 4.34. The molecule has 2 aromatic rings. The minimum atomic E-state index is -0.460. The normalized spacial score (nSPS) is 13.5. The van der Waals surface area contributed by atoms with Crippen molar-refractivity contribution < 1.29 is 14.0 Å². The van der Waals surface area contributed by atoms with Crippen molar-refractivity contribution in [1.82, 2.24) is 0 Å². The molecule has 24 heavy (non-hydrogen) atoms. The molecule has 1 saturated carbocycles. The van der Waals surface area contributed by atoms with Crippen LogP contribution in [0.15, 0.2) is 42.5 Å². The molecule has 0 aromatic heterocycles. The molecule has 0 aliphatic heterocycles. The van der Waals surface area contributed by atoms with Gasteiger partial charge in [-0.1, -0.05) is 18.2 Å². The molecule has 1 aliphatic carbocycles. The highest BCUT2D eigenvalue weighted by Crippen LogP contribution is 2.36. The molecule has 124 valence electrons. The van der Waals surface area contributed by atoms with Crippen molar-refractivity contribution in [2.75, 3.05) is 10.2 Å². The molecular weight excluding hydrogens is 307 g/mol. The van der Waals surface area contributed by atoms with E-state index < -0.39 is 5.82 Å². The Balaban J connectivity index is 1.95. The van der Waals surface area contributed by atoms with Gasteiger partial charge in [-0.15, -0.1) is 0 Å². The predicted octanol–water partition coefficient (Wildman–Crippen LogP) is 3.90. The maximum atomic E-state index is 13.7. The van der Waals surface area contributed by atoms with E-state index in [2.05, 4.69) is 5.32 Å². The van der Waals surface area contributed by atoms with E-state index in [0.717, 1.165) is 18.4 Å². The number of amides is 2. The van der Waals surface area contributed by atoms with E-state index in [1.165, 1.54) is 19.1 Å². The van der Waals surface area contributed by atoms with Gasteiger partial charge in [0.25, 0.3) is 5.91 Å². The third-order valence-corrected chi connectivity index (χ3v) is 4.11. The van der Waals surface area contributed by atoms with Gasteiger partial charge in [-0.2, -0.15) is 0 Å². The van der Waals surface area contributed by atoms with Crippen LogP contribution in [0.3, 0.4) is 0 Å². The number of anilines is 2. The van der Waals surface area contributed by atoms with Crippen LogP contribution in [0.4, 0.5) is 15.8 Å². The van der Waals surface area contributed by atoms with Gasteiger partial charge in [0.2, 0.25) is 5.91 Å². The van der Waals surface area contributed by atoms with Crippen LogP contribution in [0.25, 0.3) is 0 Å². The molecule has 5 heteroatoms. The molecule has 0 bridgehead atoms. The van der Waals surface area contributed by atoms with Crippen molar-refractivity contribution in [3.8, 4) is 0 Å². The van der Waals surface area contributed by atoms with E-state index in [-0.39, 0.29) is 17.9 Å². The van der Waals surface area contributed by atoms with Crippen LogP contribution < -0.4 is 10.2 Å². The summed E-state index contributed by atoms with van der Waals surface area (Å²) in [6.07, 6.45) is 1.84. The van der Waals surface area contributed by atoms with Gasteiger partial charge in [0, 0.05) is 18.5 Å². The van der Waals surface area contributed by atoms with E-state index >= 15 is 0 Å². The summed E-state index contributed by atoms with van der Waals surface area (Å²) in [7, 11) is 0. The average Bonchev–Trinajstić information content (AvgIpc) is 3.34. The van der Waals surface area contributed by atoms with E-state index in [0.29, 0.717) is 16.9 Å². The summed E-state index contributed by atoms with van der Waals surface area (Å²) < 4.78 is 13.7. The SMILES string of the molecule is CC(=O)N(c1ccc(F)cc1NC(=O)c1ccccc1C)C1CC1. The molecule has 2 amide bonds. The number of rotatable bonds is 4. The lowest BCUT2D eigenvalue weighted by atomic mass is 10.1. The van der Waals surface area contributed by atoms with Gasteiger partial charge in [0.1, 0.15) is 5.82 Å². The third-order valence-electron chi connectivity index (χ3n) is 4.11. The minimum Gasteiger partial charge on any atom is -0.320 e.